The van der Waals surface area contributed by atoms with E-state index >= 15 is 0 Å². The molecule has 0 aliphatic heterocycles. The van der Waals surface area contributed by atoms with Gasteiger partial charge in [-0.3, -0.25) is 9.59 Å². The second-order valence-electron chi connectivity index (χ2n) is 6.28. The number of hydrogen-bond acceptors (Lipinski definition) is 2. The van der Waals surface area contributed by atoms with E-state index in [1.54, 1.807) is 19.2 Å². The Kier molecular flexibility index (Phi) is 6.13. The number of carbonyl (C=O) groups is 2. The standard InChI is InChI=1S/C20H24N2O2/c1-15(2)14-18(19(23)21-17-12-8-5-9-13-17)22(3)20(24)16-10-6-4-7-11-16/h4-13,15,18H,14H2,1-3H3,(H,21,23). The van der Waals surface area contributed by atoms with Crippen LogP contribution in [0.3, 0.4) is 0 Å². The van der Waals surface area contributed by atoms with Gasteiger partial charge >= 0.3 is 0 Å². The quantitative estimate of drug-likeness (QED) is 0.878. The molecule has 0 spiro atoms. The summed E-state index contributed by atoms with van der Waals surface area (Å²) in [5.74, 6) is -0.0197. The van der Waals surface area contributed by atoms with Crippen LogP contribution in [0.4, 0.5) is 5.69 Å². The molecule has 2 aromatic rings. The highest BCUT2D eigenvalue weighted by Crippen LogP contribution is 2.16. The Morgan fingerprint density at radius 2 is 1.50 bits per heavy atom. The van der Waals surface area contributed by atoms with Crippen molar-refractivity contribution in [2.45, 2.75) is 26.3 Å². The summed E-state index contributed by atoms with van der Waals surface area (Å²) in [6.45, 7) is 4.09. The lowest BCUT2D eigenvalue weighted by molar-refractivity contribution is -0.120. The smallest absolute Gasteiger partial charge is 0.254 e. The van der Waals surface area contributed by atoms with Crippen molar-refractivity contribution in [2.75, 3.05) is 12.4 Å². The van der Waals surface area contributed by atoms with Gasteiger partial charge in [0.15, 0.2) is 0 Å². The lowest BCUT2D eigenvalue weighted by atomic mass is 10.0. The number of para-hydroxylation sites is 1. The predicted octanol–water partition coefficient (Wildman–Crippen LogP) is 3.81. The first kappa shape index (κ1) is 17.7. The topological polar surface area (TPSA) is 49.4 Å². The van der Waals surface area contributed by atoms with Crippen molar-refractivity contribution in [3.8, 4) is 0 Å². The molecule has 0 aromatic heterocycles. The van der Waals surface area contributed by atoms with E-state index in [4.69, 9.17) is 0 Å². The third kappa shape index (κ3) is 4.69. The highest BCUT2D eigenvalue weighted by Gasteiger charge is 2.28. The van der Waals surface area contributed by atoms with E-state index in [9.17, 15) is 9.59 Å². The highest BCUT2D eigenvalue weighted by atomic mass is 16.2. The zero-order valence-corrected chi connectivity index (χ0v) is 14.4. The van der Waals surface area contributed by atoms with Gasteiger partial charge in [-0.2, -0.15) is 0 Å². The Morgan fingerprint density at radius 3 is 2.04 bits per heavy atom. The fraction of sp³-hybridized carbons (Fsp3) is 0.300. The third-order valence-electron chi connectivity index (χ3n) is 3.85. The minimum Gasteiger partial charge on any atom is -0.330 e. The summed E-state index contributed by atoms with van der Waals surface area (Å²) in [6.07, 6.45) is 0.605. The Labute approximate surface area is 143 Å². The van der Waals surface area contributed by atoms with Gasteiger partial charge < -0.3 is 10.2 Å². The number of amides is 2. The summed E-state index contributed by atoms with van der Waals surface area (Å²) in [5.41, 5.74) is 1.32. The van der Waals surface area contributed by atoms with Crippen LogP contribution in [0.25, 0.3) is 0 Å². The van der Waals surface area contributed by atoms with Crippen LogP contribution < -0.4 is 5.32 Å². The van der Waals surface area contributed by atoms with Gasteiger partial charge in [0.1, 0.15) is 6.04 Å². The number of nitrogens with zero attached hydrogens (tertiary/aromatic N) is 1. The molecule has 0 saturated heterocycles. The van der Waals surface area contributed by atoms with Crippen molar-refractivity contribution in [1.82, 2.24) is 4.90 Å². The second kappa shape index (κ2) is 8.29. The summed E-state index contributed by atoms with van der Waals surface area (Å²) in [5, 5.41) is 2.90. The molecule has 0 radical (unpaired) electrons. The average Bonchev–Trinajstić information content (AvgIpc) is 2.60. The maximum atomic E-state index is 12.7. The van der Waals surface area contributed by atoms with Crippen LogP contribution in [0.1, 0.15) is 30.6 Å². The molecule has 0 aliphatic rings. The van der Waals surface area contributed by atoms with Crippen molar-refractivity contribution < 1.29 is 9.59 Å². The molecule has 2 amide bonds. The molecule has 0 fully saturated rings. The van der Waals surface area contributed by atoms with Crippen molar-refractivity contribution in [2.24, 2.45) is 5.92 Å². The van der Waals surface area contributed by atoms with Gasteiger partial charge in [0.2, 0.25) is 5.91 Å². The number of benzene rings is 2. The number of rotatable bonds is 6. The molecule has 2 aromatic carbocycles. The first-order valence-corrected chi connectivity index (χ1v) is 8.17. The minimum atomic E-state index is -0.516. The Balaban J connectivity index is 2.17. The first-order valence-electron chi connectivity index (χ1n) is 8.17. The van der Waals surface area contributed by atoms with Crippen LogP contribution in [0, 0.1) is 5.92 Å². The van der Waals surface area contributed by atoms with E-state index in [-0.39, 0.29) is 11.8 Å². The van der Waals surface area contributed by atoms with E-state index in [0.717, 1.165) is 5.69 Å². The molecular formula is C20H24N2O2. The lowest BCUT2D eigenvalue weighted by Crippen LogP contribution is -2.45. The van der Waals surface area contributed by atoms with E-state index < -0.39 is 6.04 Å². The van der Waals surface area contributed by atoms with E-state index in [2.05, 4.69) is 5.32 Å². The predicted molar refractivity (Wildman–Crippen MR) is 96.9 cm³/mol. The minimum absolute atomic E-state index is 0.149. The number of carbonyl (C=O) groups excluding carboxylic acids is 2. The summed E-state index contributed by atoms with van der Waals surface area (Å²) >= 11 is 0. The third-order valence-corrected chi connectivity index (χ3v) is 3.85. The van der Waals surface area contributed by atoms with Gasteiger partial charge in [-0.25, -0.2) is 0 Å². The molecule has 0 aliphatic carbocycles. The number of nitrogens with one attached hydrogen (secondary N) is 1. The summed E-state index contributed by atoms with van der Waals surface area (Å²) < 4.78 is 0. The summed E-state index contributed by atoms with van der Waals surface area (Å²) in [6, 6.07) is 17.8. The molecule has 0 bridgehead atoms. The zero-order chi connectivity index (χ0) is 17.5. The fourth-order valence-corrected chi connectivity index (χ4v) is 2.56. The first-order chi connectivity index (χ1) is 11.5. The van der Waals surface area contributed by atoms with Gasteiger partial charge in [0.05, 0.1) is 0 Å². The molecule has 24 heavy (non-hydrogen) atoms. The highest BCUT2D eigenvalue weighted by molar-refractivity contribution is 6.01. The van der Waals surface area contributed by atoms with E-state index in [1.807, 2.05) is 62.4 Å². The normalized spacial score (nSPS) is 11.8. The van der Waals surface area contributed by atoms with Crippen LogP contribution >= 0.6 is 0 Å². The molecule has 2 rings (SSSR count). The maximum absolute atomic E-state index is 12.7. The van der Waals surface area contributed by atoms with Crippen molar-refractivity contribution in [3.63, 3.8) is 0 Å². The molecule has 1 atom stereocenters. The molecular weight excluding hydrogens is 300 g/mol. The van der Waals surface area contributed by atoms with E-state index in [1.165, 1.54) is 4.90 Å². The molecule has 126 valence electrons. The molecule has 1 N–H and O–H groups in total. The lowest BCUT2D eigenvalue weighted by Gasteiger charge is -2.28. The van der Waals surface area contributed by atoms with Crippen LogP contribution in [0.15, 0.2) is 60.7 Å². The molecule has 1 unspecified atom stereocenters. The Bertz CT molecular complexity index is 669. The van der Waals surface area contributed by atoms with Gasteiger partial charge in [-0.15, -0.1) is 0 Å². The van der Waals surface area contributed by atoms with Crippen LogP contribution in [-0.2, 0) is 4.79 Å². The molecule has 4 heteroatoms. The molecule has 0 saturated carbocycles. The van der Waals surface area contributed by atoms with Gasteiger partial charge in [0.25, 0.3) is 5.91 Å². The monoisotopic (exact) mass is 324 g/mol. The summed E-state index contributed by atoms with van der Waals surface area (Å²) in [7, 11) is 1.69. The van der Waals surface area contributed by atoms with Crippen LogP contribution in [-0.4, -0.2) is 29.8 Å². The number of anilines is 1. The average molecular weight is 324 g/mol. The second-order valence-corrected chi connectivity index (χ2v) is 6.28. The van der Waals surface area contributed by atoms with Crippen LogP contribution in [0.5, 0.6) is 0 Å². The number of hydrogen-bond donors (Lipinski definition) is 1. The van der Waals surface area contributed by atoms with E-state index in [0.29, 0.717) is 17.9 Å². The Morgan fingerprint density at radius 1 is 0.958 bits per heavy atom. The largest absolute Gasteiger partial charge is 0.330 e. The molecule has 0 heterocycles. The fourth-order valence-electron chi connectivity index (χ4n) is 2.56. The SMILES string of the molecule is CC(C)CC(C(=O)Nc1ccccc1)N(C)C(=O)c1ccccc1. The number of likely N-dealkylation sites (N-methyl/N-ethyl adjacent to an activating group) is 1. The Hall–Kier alpha value is -2.62. The van der Waals surface area contributed by atoms with Crippen molar-refractivity contribution in [1.29, 1.82) is 0 Å². The summed E-state index contributed by atoms with van der Waals surface area (Å²) in [4.78, 5) is 26.9. The van der Waals surface area contributed by atoms with Crippen LogP contribution in [0.2, 0.25) is 0 Å². The zero-order valence-electron chi connectivity index (χ0n) is 14.4. The van der Waals surface area contributed by atoms with Gasteiger partial charge in [-0.1, -0.05) is 50.2 Å². The van der Waals surface area contributed by atoms with Gasteiger partial charge in [0, 0.05) is 18.3 Å². The van der Waals surface area contributed by atoms with Crippen molar-refractivity contribution in [3.05, 3.63) is 66.2 Å². The van der Waals surface area contributed by atoms with Gasteiger partial charge in [-0.05, 0) is 36.6 Å². The molecule has 4 nitrogen and oxygen atoms in total. The van der Waals surface area contributed by atoms with Crippen molar-refractivity contribution >= 4 is 17.5 Å². The maximum Gasteiger partial charge on any atom is 0.254 e.